The van der Waals surface area contributed by atoms with Gasteiger partial charge in [0.2, 0.25) is 16.6 Å². The summed E-state index contributed by atoms with van der Waals surface area (Å²) in [7, 11) is 4.82. The first-order valence-electron chi connectivity index (χ1n) is 9.89. The maximum absolute atomic E-state index is 11.0. The van der Waals surface area contributed by atoms with Crippen LogP contribution < -0.4 is 14.2 Å². The number of aromatic hydroxyl groups is 1. The number of likely N-dealkylation sites (N-methyl/N-ethyl adjacent to an activating group) is 1. The molecule has 10 heteroatoms. The van der Waals surface area contributed by atoms with Crippen molar-refractivity contribution in [1.29, 1.82) is 0 Å². The van der Waals surface area contributed by atoms with E-state index in [-0.39, 0.29) is 11.9 Å². The fourth-order valence-electron chi connectivity index (χ4n) is 4.05. The number of fused-ring (bicyclic) bond motifs is 1. The molecule has 1 aliphatic heterocycles. The van der Waals surface area contributed by atoms with Crippen LogP contribution in [0.15, 0.2) is 18.5 Å². The molecule has 1 aromatic carbocycles. The second-order valence-corrected chi connectivity index (χ2v) is 8.05. The molecular formula is C20H27N5O4S. The molecule has 3 aromatic rings. The lowest BCUT2D eigenvalue weighted by Gasteiger charge is -2.39. The highest BCUT2D eigenvalue weighted by Gasteiger charge is 2.34. The van der Waals surface area contributed by atoms with Crippen molar-refractivity contribution < 1.29 is 19.3 Å². The topological polar surface area (TPSA) is 84.6 Å². The molecule has 0 spiro atoms. The molecule has 1 unspecified atom stereocenters. The lowest BCUT2D eigenvalue weighted by molar-refractivity contribution is 0.112. The van der Waals surface area contributed by atoms with Crippen LogP contribution in [0, 0.1) is 0 Å². The SMILES string of the molecule is CCN1CCN(C(c2ccc(OC)c(OC)c2OC)c2sc3ncnn3c2O)CC1. The Morgan fingerprint density at radius 3 is 2.40 bits per heavy atom. The summed E-state index contributed by atoms with van der Waals surface area (Å²) in [5.74, 6) is 1.83. The van der Waals surface area contributed by atoms with Crippen LogP contribution >= 0.6 is 11.3 Å². The molecule has 0 saturated carbocycles. The van der Waals surface area contributed by atoms with Gasteiger partial charge >= 0.3 is 0 Å². The smallest absolute Gasteiger partial charge is 0.230 e. The van der Waals surface area contributed by atoms with Crippen LogP contribution in [0.2, 0.25) is 0 Å². The Bertz CT molecular complexity index is 1010. The molecule has 1 atom stereocenters. The van der Waals surface area contributed by atoms with Crippen LogP contribution in [-0.4, -0.2) is 83.6 Å². The number of methoxy groups -OCH3 is 3. The number of rotatable bonds is 7. The molecule has 1 N–H and O–H groups in total. The van der Waals surface area contributed by atoms with Crippen LogP contribution in [0.4, 0.5) is 0 Å². The summed E-state index contributed by atoms with van der Waals surface area (Å²) in [6.07, 6.45) is 1.45. The van der Waals surface area contributed by atoms with Gasteiger partial charge in [0, 0.05) is 31.7 Å². The van der Waals surface area contributed by atoms with Gasteiger partial charge in [0.05, 0.1) is 32.2 Å². The van der Waals surface area contributed by atoms with Crippen molar-refractivity contribution in [3.05, 3.63) is 28.9 Å². The number of aromatic nitrogens is 3. The third kappa shape index (κ3) is 3.44. The zero-order chi connectivity index (χ0) is 21.3. The van der Waals surface area contributed by atoms with Crippen molar-refractivity contribution in [3.8, 4) is 23.1 Å². The van der Waals surface area contributed by atoms with Crippen LogP contribution in [0.1, 0.15) is 23.4 Å². The zero-order valence-corrected chi connectivity index (χ0v) is 18.5. The summed E-state index contributed by atoms with van der Waals surface area (Å²) in [5, 5.41) is 15.1. The van der Waals surface area contributed by atoms with E-state index in [2.05, 4.69) is 26.8 Å². The minimum absolute atomic E-state index is 0.104. The summed E-state index contributed by atoms with van der Waals surface area (Å²) >= 11 is 1.43. The van der Waals surface area contributed by atoms with Gasteiger partial charge < -0.3 is 24.2 Å². The molecule has 0 amide bonds. The zero-order valence-electron chi connectivity index (χ0n) is 17.7. The highest BCUT2D eigenvalue weighted by molar-refractivity contribution is 7.17. The third-order valence-electron chi connectivity index (χ3n) is 5.64. The summed E-state index contributed by atoms with van der Waals surface area (Å²) < 4.78 is 18.3. The van der Waals surface area contributed by atoms with E-state index in [4.69, 9.17) is 14.2 Å². The maximum atomic E-state index is 11.0. The van der Waals surface area contributed by atoms with Crippen molar-refractivity contribution >= 4 is 16.3 Å². The highest BCUT2D eigenvalue weighted by Crippen LogP contribution is 2.48. The highest BCUT2D eigenvalue weighted by atomic mass is 32.1. The number of piperazine rings is 1. The largest absolute Gasteiger partial charge is 0.493 e. The summed E-state index contributed by atoms with van der Waals surface area (Å²) in [5.41, 5.74) is 0.903. The number of hydrogen-bond acceptors (Lipinski definition) is 9. The fourth-order valence-corrected chi connectivity index (χ4v) is 5.14. The number of thiazole rings is 1. The Morgan fingerprint density at radius 1 is 1.07 bits per heavy atom. The molecular weight excluding hydrogens is 406 g/mol. The normalized spacial score (nSPS) is 16.7. The van der Waals surface area contributed by atoms with Crippen LogP contribution in [-0.2, 0) is 0 Å². The molecule has 1 saturated heterocycles. The van der Waals surface area contributed by atoms with Gasteiger partial charge in [-0.1, -0.05) is 18.3 Å². The summed E-state index contributed by atoms with van der Waals surface area (Å²) in [6, 6.07) is 3.62. The summed E-state index contributed by atoms with van der Waals surface area (Å²) in [4.78, 5) is 10.5. The standard InChI is InChI=1S/C20H27N5O4S/c1-5-23-8-10-24(11-9-23)15(18-19(26)25-20(30-18)21-12-22-25)13-6-7-14(27-2)17(29-4)16(13)28-3/h6-7,12,15,26H,5,8-11H2,1-4H3. The second-order valence-electron chi connectivity index (χ2n) is 7.04. The molecule has 162 valence electrons. The first-order chi connectivity index (χ1) is 14.6. The van der Waals surface area contributed by atoms with E-state index in [9.17, 15) is 5.11 Å². The number of benzene rings is 1. The van der Waals surface area contributed by atoms with Gasteiger partial charge in [-0.05, 0) is 18.7 Å². The van der Waals surface area contributed by atoms with Gasteiger partial charge in [0.25, 0.3) is 0 Å². The summed E-state index contributed by atoms with van der Waals surface area (Å²) in [6.45, 7) is 6.86. The van der Waals surface area contributed by atoms with E-state index in [1.807, 2.05) is 12.1 Å². The van der Waals surface area contributed by atoms with Crippen LogP contribution in [0.5, 0.6) is 23.1 Å². The molecule has 30 heavy (non-hydrogen) atoms. The minimum atomic E-state index is -0.229. The van der Waals surface area contributed by atoms with Gasteiger partial charge in [0.1, 0.15) is 6.33 Å². The molecule has 0 aliphatic carbocycles. The number of nitrogens with zero attached hydrogens (tertiary/aromatic N) is 5. The maximum Gasteiger partial charge on any atom is 0.230 e. The molecule has 2 aromatic heterocycles. The van der Waals surface area contributed by atoms with Crippen LogP contribution in [0.25, 0.3) is 4.96 Å². The average Bonchev–Trinajstić information content (AvgIpc) is 3.37. The Balaban J connectivity index is 1.86. The van der Waals surface area contributed by atoms with E-state index < -0.39 is 0 Å². The van der Waals surface area contributed by atoms with Crippen molar-refractivity contribution in [2.24, 2.45) is 0 Å². The molecule has 0 radical (unpaired) electrons. The Labute approximate surface area is 179 Å². The Hall–Kier alpha value is -2.56. The molecule has 9 nitrogen and oxygen atoms in total. The van der Waals surface area contributed by atoms with E-state index in [1.165, 1.54) is 22.2 Å². The predicted octanol–water partition coefficient (Wildman–Crippen LogP) is 2.25. The third-order valence-corrected chi connectivity index (χ3v) is 6.72. The van der Waals surface area contributed by atoms with Crippen molar-refractivity contribution in [1.82, 2.24) is 24.4 Å². The second kappa shape index (κ2) is 8.66. The molecule has 1 fully saturated rings. The van der Waals surface area contributed by atoms with Gasteiger partial charge in [-0.15, -0.1) is 0 Å². The Kier molecular flexibility index (Phi) is 5.98. The molecule has 1 aliphatic rings. The lowest BCUT2D eigenvalue weighted by Crippen LogP contribution is -2.47. The average molecular weight is 434 g/mol. The molecule has 0 bridgehead atoms. The Morgan fingerprint density at radius 2 is 1.80 bits per heavy atom. The minimum Gasteiger partial charge on any atom is -0.493 e. The van der Waals surface area contributed by atoms with Gasteiger partial charge in [-0.25, -0.2) is 4.98 Å². The quantitative estimate of drug-likeness (QED) is 0.607. The number of ether oxygens (including phenoxy) is 3. The van der Waals surface area contributed by atoms with Crippen LogP contribution in [0.3, 0.4) is 0 Å². The first kappa shape index (κ1) is 20.7. The van der Waals surface area contributed by atoms with E-state index in [0.29, 0.717) is 22.2 Å². The number of hydrogen-bond donors (Lipinski definition) is 1. The van der Waals surface area contributed by atoms with E-state index in [0.717, 1.165) is 43.2 Å². The lowest BCUT2D eigenvalue weighted by atomic mass is 10.0. The van der Waals surface area contributed by atoms with Gasteiger partial charge in [0.15, 0.2) is 11.5 Å². The van der Waals surface area contributed by atoms with Crippen molar-refractivity contribution in [3.63, 3.8) is 0 Å². The monoisotopic (exact) mass is 433 g/mol. The first-order valence-corrected chi connectivity index (χ1v) is 10.7. The van der Waals surface area contributed by atoms with Crippen molar-refractivity contribution in [2.45, 2.75) is 13.0 Å². The molecule has 4 rings (SSSR count). The fraction of sp³-hybridized carbons (Fsp3) is 0.500. The van der Waals surface area contributed by atoms with E-state index in [1.54, 1.807) is 21.3 Å². The van der Waals surface area contributed by atoms with E-state index >= 15 is 0 Å². The molecule has 3 heterocycles. The predicted molar refractivity (Wildman–Crippen MR) is 114 cm³/mol. The van der Waals surface area contributed by atoms with Gasteiger partial charge in [-0.2, -0.15) is 9.61 Å². The van der Waals surface area contributed by atoms with Gasteiger partial charge in [-0.3, -0.25) is 4.90 Å². The van der Waals surface area contributed by atoms with Crippen molar-refractivity contribution in [2.75, 3.05) is 54.1 Å².